The van der Waals surface area contributed by atoms with E-state index in [1.165, 1.54) is 23.0 Å². The third kappa shape index (κ3) is 6.64. The fourth-order valence-electron chi connectivity index (χ4n) is 1.30. The lowest BCUT2D eigenvalue weighted by Crippen LogP contribution is -2.26. The van der Waals surface area contributed by atoms with Crippen LogP contribution < -0.4 is 0 Å². The third-order valence-electron chi connectivity index (χ3n) is 2.09. The Hall–Kier alpha value is 1.40. The first-order valence-corrected chi connectivity index (χ1v) is 9.85. The fraction of sp³-hybridized carbons (Fsp3) is 1.00. The van der Waals surface area contributed by atoms with Crippen LogP contribution in [-0.4, -0.2) is 44.5 Å². The van der Waals surface area contributed by atoms with Crippen molar-refractivity contribution in [3.05, 3.63) is 0 Å². The second-order valence-corrected chi connectivity index (χ2v) is 10.2. The lowest BCUT2D eigenvalue weighted by molar-refractivity contribution is 0.801. The summed E-state index contributed by atoms with van der Waals surface area (Å²) in [5.74, 6) is 5.38. The molecule has 1 aliphatic rings. The van der Waals surface area contributed by atoms with Gasteiger partial charge < -0.3 is 0 Å². The molecule has 15 heavy (non-hydrogen) atoms. The average Bonchev–Trinajstić information content (AvgIpc) is 2.16. The normalized spacial score (nSPS) is 28.0. The molecule has 0 N–H and O–H groups in total. The van der Waals surface area contributed by atoms with Gasteiger partial charge in [0.25, 0.3) is 0 Å². The average molecular weight is 283 g/mol. The second kappa shape index (κ2) is 6.97. The minimum atomic E-state index is 0.432. The predicted octanol–water partition coefficient (Wildman–Crippen LogP) is 4.10. The molecule has 2 atom stereocenters. The van der Waals surface area contributed by atoms with Crippen molar-refractivity contribution in [3.63, 3.8) is 0 Å². The summed E-state index contributed by atoms with van der Waals surface area (Å²) in [4.78, 5) is 0. The molecule has 0 spiro atoms. The summed E-state index contributed by atoms with van der Waals surface area (Å²) in [6, 6.07) is 0. The fourth-order valence-corrected chi connectivity index (χ4v) is 6.73. The molecule has 0 saturated carbocycles. The van der Waals surface area contributed by atoms with Crippen LogP contribution in [0.2, 0.25) is 0 Å². The molecule has 1 heterocycles. The highest BCUT2D eigenvalue weighted by Gasteiger charge is 2.23. The van der Waals surface area contributed by atoms with E-state index in [4.69, 9.17) is 0 Å². The predicted molar refractivity (Wildman–Crippen MR) is 83.1 cm³/mol. The van der Waals surface area contributed by atoms with Crippen LogP contribution in [0.15, 0.2) is 0 Å². The summed E-state index contributed by atoms with van der Waals surface area (Å²) >= 11 is 8.49. The van der Waals surface area contributed by atoms with Gasteiger partial charge in [0.1, 0.15) is 0 Å². The van der Waals surface area contributed by atoms with Gasteiger partial charge in [0.05, 0.1) is 0 Å². The zero-order valence-corrected chi connectivity index (χ0v) is 13.4. The summed E-state index contributed by atoms with van der Waals surface area (Å²) in [6.07, 6.45) is 2.22. The summed E-state index contributed by atoms with van der Waals surface area (Å²) in [6.45, 7) is 6.94. The highest BCUT2D eigenvalue weighted by atomic mass is 32.2. The first kappa shape index (κ1) is 14.5. The topological polar surface area (TPSA) is 0 Å². The number of hydrogen-bond acceptors (Lipinski definition) is 4. The minimum Gasteiger partial charge on any atom is -0.164 e. The van der Waals surface area contributed by atoms with E-state index in [1.807, 2.05) is 11.8 Å². The molecular formula is C11H22S4. The monoisotopic (exact) mass is 282 g/mol. The maximum atomic E-state index is 2.31. The largest absolute Gasteiger partial charge is 0.164 e. The molecular weight excluding hydrogens is 260 g/mol. The van der Waals surface area contributed by atoms with Gasteiger partial charge in [0.2, 0.25) is 0 Å². The van der Waals surface area contributed by atoms with E-state index >= 15 is 0 Å². The van der Waals surface area contributed by atoms with Gasteiger partial charge in [-0.3, -0.25) is 0 Å². The SMILES string of the molecule is CSCC1CSC(CSC(C)(C)C)CS1. The van der Waals surface area contributed by atoms with Crippen molar-refractivity contribution < 1.29 is 0 Å². The first-order chi connectivity index (χ1) is 7.01. The standard InChI is InChI=1S/C11H22S4/c1-11(2,3)15-8-10-7-13-9(5-12-4)6-14-10/h9-10H,5-8H2,1-4H3. The van der Waals surface area contributed by atoms with Crippen molar-refractivity contribution in [2.24, 2.45) is 0 Å². The van der Waals surface area contributed by atoms with Crippen molar-refractivity contribution in [3.8, 4) is 0 Å². The van der Waals surface area contributed by atoms with Gasteiger partial charge in [0, 0.05) is 38.3 Å². The maximum absolute atomic E-state index is 2.31. The van der Waals surface area contributed by atoms with E-state index in [1.54, 1.807) is 0 Å². The molecule has 0 radical (unpaired) electrons. The second-order valence-electron chi connectivity index (χ2n) is 4.79. The van der Waals surface area contributed by atoms with Crippen LogP contribution >= 0.6 is 47.0 Å². The summed E-state index contributed by atoms with van der Waals surface area (Å²) in [7, 11) is 0. The minimum absolute atomic E-state index is 0.432. The molecule has 4 heteroatoms. The highest BCUT2D eigenvalue weighted by molar-refractivity contribution is 8.09. The Balaban J connectivity index is 2.15. The van der Waals surface area contributed by atoms with Crippen molar-refractivity contribution in [1.29, 1.82) is 0 Å². The Morgan fingerprint density at radius 2 is 1.60 bits per heavy atom. The van der Waals surface area contributed by atoms with Gasteiger partial charge >= 0.3 is 0 Å². The van der Waals surface area contributed by atoms with Crippen LogP contribution in [0.25, 0.3) is 0 Å². The lowest BCUT2D eigenvalue weighted by Gasteiger charge is -2.29. The summed E-state index contributed by atoms with van der Waals surface area (Å²) < 4.78 is 0.432. The van der Waals surface area contributed by atoms with Crippen LogP contribution in [-0.2, 0) is 0 Å². The van der Waals surface area contributed by atoms with Gasteiger partial charge in [-0.05, 0) is 6.26 Å². The number of rotatable bonds is 4. The molecule has 1 aliphatic heterocycles. The molecule has 1 rings (SSSR count). The number of thioether (sulfide) groups is 4. The quantitative estimate of drug-likeness (QED) is 0.761. The van der Waals surface area contributed by atoms with Crippen LogP contribution in [0.1, 0.15) is 20.8 Å². The lowest BCUT2D eigenvalue weighted by atomic mass is 10.3. The molecule has 0 aromatic carbocycles. The van der Waals surface area contributed by atoms with Crippen LogP contribution in [0.4, 0.5) is 0 Å². The van der Waals surface area contributed by atoms with Crippen LogP contribution in [0.5, 0.6) is 0 Å². The van der Waals surface area contributed by atoms with E-state index < -0.39 is 0 Å². The Labute approximate surface area is 112 Å². The van der Waals surface area contributed by atoms with Crippen molar-refractivity contribution in [2.45, 2.75) is 36.0 Å². The molecule has 0 aliphatic carbocycles. The Morgan fingerprint density at radius 3 is 2.00 bits per heavy atom. The molecule has 0 aromatic heterocycles. The van der Waals surface area contributed by atoms with Crippen LogP contribution in [0.3, 0.4) is 0 Å². The smallest absolute Gasteiger partial charge is 0.0229 e. The van der Waals surface area contributed by atoms with Gasteiger partial charge in [-0.2, -0.15) is 47.0 Å². The first-order valence-electron chi connectivity index (χ1n) is 5.37. The van der Waals surface area contributed by atoms with E-state index in [0.717, 1.165) is 10.5 Å². The van der Waals surface area contributed by atoms with Gasteiger partial charge in [0.15, 0.2) is 0 Å². The molecule has 1 fully saturated rings. The Morgan fingerprint density at radius 1 is 1.07 bits per heavy atom. The zero-order chi connectivity index (χ0) is 11.3. The Kier molecular flexibility index (Phi) is 6.72. The van der Waals surface area contributed by atoms with E-state index in [2.05, 4.69) is 62.3 Å². The molecule has 0 bridgehead atoms. The van der Waals surface area contributed by atoms with Gasteiger partial charge in [-0.25, -0.2) is 0 Å². The Bertz CT molecular complexity index is 168. The van der Waals surface area contributed by atoms with Crippen LogP contribution in [0, 0.1) is 0 Å². The maximum Gasteiger partial charge on any atom is 0.0229 e. The summed E-state index contributed by atoms with van der Waals surface area (Å²) in [5, 5.41) is 1.79. The van der Waals surface area contributed by atoms with Crippen molar-refractivity contribution in [1.82, 2.24) is 0 Å². The van der Waals surface area contributed by atoms with Gasteiger partial charge in [-0.1, -0.05) is 20.8 Å². The van der Waals surface area contributed by atoms with Crippen molar-refractivity contribution >= 4 is 47.0 Å². The molecule has 0 nitrogen and oxygen atoms in total. The highest BCUT2D eigenvalue weighted by Crippen LogP contribution is 2.35. The van der Waals surface area contributed by atoms with E-state index in [-0.39, 0.29) is 0 Å². The third-order valence-corrected chi connectivity index (χ3v) is 7.90. The van der Waals surface area contributed by atoms with E-state index in [0.29, 0.717) is 4.75 Å². The molecule has 0 aromatic rings. The molecule has 2 unspecified atom stereocenters. The molecule has 1 saturated heterocycles. The molecule has 90 valence electrons. The van der Waals surface area contributed by atoms with Crippen molar-refractivity contribution in [2.75, 3.05) is 29.3 Å². The summed E-state index contributed by atoms with van der Waals surface area (Å²) in [5.41, 5.74) is 0. The van der Waals surface area contributed by atoms with E-state index in [9.17, 15) is 0 Å². The molecule has 0 amide bonds. The number of hydrogen-bond donors (Lipinski definition) is 0. The zero-order valence-electron chi connectivity index (χ0n) is 10.1. The van der Waals surface area contributed by atoms with Gasteiger partial charge in [-0.15, -0.1) is 0 Å².